The van der Waals surface area contributed by atoms with Gasteiger partial charge in [-0.2, -0.15) is 0 Å². The van der Waals surface area contributed by atoms with E-state index in [1.54, 1.807) is 12.1 Å². The standard InChI is InChI=1S/C16H18N2O2/c1-11(2)13-8-6-12(7-9-13)10-17-16(20)14-4-3-5-15(19)18-14/h3-9,11H,10H2,1-2H3,(H,17,20)(H,18,19). The monoisotopic (exact) mass is 270 g/mol. The van der Waals surface area contributed by atoms with Crippen LogP contribution in [0.3, 0.4) is 0 Å². The van der Waals surface area contributed by atoms with E-state index in [1.165, 1.54) is 11.6 Å². The number of aromatic nitrogens is 1. The van der Waals surface area contributed by atoms with Crippen molar-refractivity contribution in [3.8, 4) is 0 Å². The van der Waals surface area contributed by atoms with E-state index in [9.17, 15) is 9.59 Å². The van der Waals surface area contributed by atoms with Gasteiger partial charge >= 0.3 is 0 Å². The molecule has 0 bridgehead atoms. The van der Waals surface area contributed by atoms with Crippen molar-refractivity contribution in [1.82, 2.24) is 10.3 Å². The maximum absolute atomic E-state index is 11.9. The second-order valence-electron chi connectivity index (χ2n) is 5.01. The Bertz CT molecular complexity index is 642. The molecule has 4 heteroatoms. The third kappa shape index (κ3) is 3.57. The zero-order valence-corrected chi connectivity index (χ0v) is 11.6. The van der Waals surface area contributed by atoms with Crippen LogP contribution in [0.2, 0.25) is 0 Å². The van der Waals surface area contributed by atoms with Gasteiger partial charge in [0.15, 0.2) is 0 Å². The smallest absolute Gasteiger partial charge is 0.268 e. The Morgan fingerprint density at radius 1 is 1.15 bits per heavy atom. The fourth-order valence-corrected chi connectivity index (χ4v) is 1.88. The Balaban J connectivity index is 1.98. The summed E-state index contributed by atoms with van der Waals surface area (Å²) in [5.74, 6) is 0.212. The molecule has 0 aliphatic heterocycles. The van der Waals surface area contributed by atoms with Crippen molar-refractivity contribution >= 4 is 5.91 Å². The number of hydrogen-bond acceptors (Lipinski definition) is 2. The molecular formula is C16H18N2O2. The maximum atomic E-state index is 11.9. The number of H-pyrrole nitrogens is 1. The van der Waals surface area contributed by atoms with E-state index in [0.717, 1.165) is 5.56 Å². The van der Waals surface area contributed by atoms with Crippen molar-refractivity contribution in [3.63, 3.8) is 0 Å². The third-order valence-electron chi connectivity index (χ3n) is 3.11. The lowest BCUT2D eigenvalue weighted by Gasteiger charge is -2.08. The molecule has 2 rings (SSSR count). The fraction of sp³-hybridized carbons (Fsp3) is 0.250. The van der Waals surface area contributed by atoms with E-state index >= 15 is 0 Å². The SMILES string of the molecule is CC(C)c1ccc(CNC(=O)c2cccc(=O)[nH]2)cc1. The molecule has 0 saturated heterocycles. The van der Waals surface area contributed by atoms with Crippen LogP contribution in [0.1, 0.15) is 41.4 Å². The van der Waals surface area contributed by atoms with Gasteiger partial charge in [-0.1, -0.05) is 44.2 Å². The Labute approximate surface area is 117 Å². The topological polar surface area (TPSA) is 62.0 Å². The molecule has 0 spiro atoms. The first-order valence-electron chi connectivity index (χ1n) is 6.62. The molecule has 0 fully saturated rings. The van der Waals surface area contributed by atoms with Crippen molar-refractivity contribution < 1.29 is 4.79 Å². The lowest BCUT2D eigenvalue weighted by atomic mass is 10.0. The number of rotatable bonds is 4. The molecular weight excluding hydrogens is 252 g/mol. The zero-order valence-electron chi connectivity index (χ0n) is 11.6. The van der Waals surface area contributed by atoms with Gasteiger partial charge in [0.05, 0.1) is 0 Å². The van der Waals surface area contributed by atoms with Gasteiger partial charge in [0.2, 0.25) is 5.56 Å². The minimum Gasteiger partial charge on any atom is -0.347 e. The highest BCUT2D eigenvalue weighted by Crippen LogP contribution is 2.14. The van der Waals surface area contributed by atoms with Gasteiger partial charge in [-0.05, 0) is 23.1 Å². The molecule has 2 aromatic rings. The van der Waals surface area contributed by atoms with Crippen LogP contribution in [0, 0.1) is 0 Å². The minimum absolute atomic E-state index is 0.274. The highest BCUT2D eigenvalue weighted by atomic mass is 16.2. The second-order valence-corrected chi connectivity index (χ2v) is 5.01. The first-order chi connectivity index (χ1) is 9.56. The second kappa shape index (κ2) is 6.19. The molecule has 104 valence electrons. The molecule has 4 nitrogen and oxygen atoms in total. The van der Waals surface area contributed by atoms with Crippen LogP contribution >= 0.6 is 0 Å². The number of pyridine rings is 1. The Morgan fingerprint density at radius 3 is 2.45 bits per heavy atom. The van der Waals surface area contributed by atoms with Gasteiger partial charge in [-0.15, -0.1) is 0 Å². The summed E-state index contributed by atoms with van der Waals surface area (Å²) in [7, 11) is 0. The molecule has 1 aromatic heterocycles. The van der Waals surface area contributed by atoms with Gasteiger partial charge in [-0.3, -0.25) is 9.59 Å². The molecule has 0 radical (unpaired) electrons. The third-order valence-corrected chi connectivity index (χ3v) is 3.11. The Hall–Kier alpha value is -2.36. The van der Waals surface area contributed by atoms with E-state index in [-0.39, 0.29) is 17.2 Å². The molecule has 1 aromatic carbocycles. The molecule has 20 heavy (non-hydrogen) atoms. The van der Waals surface area contributed by atoms with Crippen molar-refractivity contribution in [2.75, 3.05) is 0 Å². The van der Waals surface area contributed by atoms with Crippen LogP contribution in [-0.4, -0.2) is 10.9 Å². The molecule has 1 amide bonds. The van der Waals surface area contributed by atoms with Crippen LogP contribution in [0.5, 0.6) is 0 Å². The summed E-state index contributed by atoms with van der Waals surface area (Å²) < 4.78 is 0. The lowest BCUT2D eigenvalue weighted by Crippen LogP contribution is -2.25. The molecule has 0 unspecified atom stereocenters. The lowest BCUT2D eigenvalue weighted by molar-refractivity contribution is 0.0945. The van der Waals surface area contributed by atoms with Crippen molar-refractivity contribution in [3.05, 3.63) is 69.6 Å². The zero-order chi connectivity index (χ0) is 14.5. The number of aromatic amines is 1. The molecule has 2 N–H and O–H groups in total. The van der Waals surface area contributed by atoms with E-state index in [1.807, 2.05) is 12.1 Å². The highest BCUT2D eigenvalue weighted by molar-refractivity contribution is 5.92. The summed E-state index contributed by atoms with van der Waals surface area (Å²) in [4.78, 5) is 25.5. The van der Waals surface area contributed by atoms with E-state index in [2.05, 4.69) is 36.3 Å². The average molecular weight is 270 g/mol. The molecule has 0 saturated carbocycles. The number of carbonyl (C=O) groups excluding carboxylic acids is 1. The summed E-state index contributed by atoms with van der Waals surface area (Å²) in [6.07, 6.45) is 0. The number of benzene rings is 1. The van der Waals surface area contributed by atoms with Crippen LogP contribution < -0.4 is 10.9 Å². The van der Waals surface area contributed by atoms with Crippen molar-refractivity contribution in [1.29, 1.82) is 0 Å². The molecule has 1 heterocycles. The summed E-state index contributed by atoms with van der Waals surface area (Å²) in [6.45, 7) is 4.72. The van der Waals surface area contributed by atoms with Crippen LogP contribution in [-0.2, 0) is 6.54 Å². The average Bonchev–Trinajstić information content (AvgIpc) is 2.45. The molecule has 0 aliphatic carbocycles. The highest BCUT2D eigenvalue weighted by Gasteiger charge is 2.06. The normalized spacial score (nSPS) is 10.6. The first-order valence-corrected chi connectivity index (χ1v) is 6.62. The number of carbonyl (C=O) groups is 1. The Kier molecular flexibility index (Phi) is 4.35. The fourth-order valence-electron chi connectivity index (χ4n) is 1.88. The largest absolute Gasteiger partial charge is 0.347 e. The van der Waals surface area contributed by atoms with Gasteiger partial charge in [0.1, 0.15) is 5.69 Å². The number of amides is 1. The van der Waals surface area contributed by atoms with Gasteiger partial charge in [0, 0.05) is 12.6 Å². The van der Waals surface area contributed by atoms with E-state index in [0.29, 0.717) is 12.5 Å². The van der Waals surface area contributed by atoms with Gasteiger partial charge in [-0.25, -0.2) is 0 Å². The van der Waals surface area contributed by atoms with Crippen LogP contribution in [0.25, 0.3) is 0 Å². The van der Waals surface area contributed by atoms with Crippen LogP contribution in [0.4, 0.5) is 0 Å². The van der Waals surface area contributed by atoms with E-state index in [4.69, 9.17) is 0 Å². The van der Waals surface area contributed by atoms with Crippen LogP contribution in [0.15, 0.2) is 47.3 Å². The Morgan fingerprint density at radius 2 is 1.85 bits per heavy atom. The number of nitrogens with one attached hydrogen (secondary N) is 2. The summed E-state index contributed by atoms with van der Waals surface area (Å²) in [5, 5.41) is 2.78. The number of hydrogen-bond donors (Lipinski definition) is 2. The van der Waals surface area contributed by atoms with Crippen molar-refractivity contribution in [2.45, 2.75) is 26.3 Å². The molecule has 0 atom stereocenters. The quantitative estimate of drug-likeness (QED) is 0.896. The maximum Gasteiger partial charge on any atom is 0.268 e. The molecule has 0 aliphatic rings. The first kappa shape index (κ1) is 14.1. The summed E-state index contributed by atoms with van der Waals surface area (Å²) in [5.41, 5.74) is 2.30. The van der Waals surface area contributed by atoms with E-state index < -0.39 is 0 Å². The minimum atomic E-state index is -0.282. The van der Waals surface area contributed by atoms with Gasteiger partial charge in [0.25, 0.3) is 5.91 Å². The summed E-state index contributed by atoms with van der Waals surface area (Å²) >= 11 is 0. The predicted molar refractivity (Wildman–Crippen MR) is 78.8 cm³/mol. The predicted octanol–water partition coefficient (Wildman–Crippen LogP) is 2.43. The summed E-state index contributed by atoms with van der Waals surface area (Å²) in [6, 6.07) is 12.7. The van der Waals surface area contributed by atoms with Gasteiger partial charge < -0.3 is 10.3 Å². The van der Waals surface area contributed by atoms with Crippen molar-refractivity contribution in [2.24, 2.45) is 0 Å².